The molecule has 25 heavy (non-hydrogen) atoms. The van der Waals surface area contributed by atoms with E-state index < -0.39 is 11.7 Å². The Morgan fingerprint density at radius 3 is 2.68 bits per heavy atom. The summed E-state index contributed by atoms with van der Waals surface area (Å²) in [6.07, 6.45) is 1.19. The Kier molecular flexibility index (Phi) is 4.78. The molecule has 2 N–H and O–H groups in total. The number of benzene rings is 1. The van der Waals surface area contributed by atoms with Crippen LogP contribution in [0.15, 0.2) is 18.2 Å². The molecule has 1 unspecified atom stereocenters. The first-order valence-electron chi connectivity index (χ1n) is 8.16. The fourth-order valence-corrected chi connectivity index (χ4v) is 3.13. The molecule has 0 aliphatic carbocycles. The van der Waals surface area contributed by atoms with E-state index in [0.717, 1.165) is 4.90 Å². The first-order valence-corrected chi connectivity index (χ1v) is 8.16. The number of likely N-dealkylation sites (tertiary alicyclic amines) is 1. The second-order valence-electron chi connectivity index (χ2n) is 6.12. The Morgan fingerprint density at radius 2 is 1.96 bits per heavy atom. The predicted molar refractivity (Wildman–Crippen MR) is 86.0 cm³/mol. The average Bonchev–Trinajstić information content (AvgIpc) is 2.56. The SMILES string of the molecule is O=C1CC(C(=O)NCCN2C(=O)CCCC2=O)c2ccc(F)cc2N1. The van der Waals surface area contributed by atoms with E-state index in [0.29, 0.717) is 24.8 Å². The van der Waals surface area contributed by atoms with E-state index in [1.165, 1.54) is 18.2 Å². The standard InChI is InChI=1S/C17H18FN3O4/c18-10-4-5-11-12(9-14(22)20-13(11)8-10)17(25)19-6-7-21-15(23)2-1-3-16(21)24/h4-5,8,12H,1-3,6-7,9H2,(H,19,25)(H,20,22). The van der Waals surface area contributed by atoms with Crippen molar-refractivity contribution in [1.82, 2.24) is 10.2 Å². The molecule has 0 saturated carbocycles. The first kappa shape index (κ1) is 17.1. The zero-order valence-corrected chi connectivity index (χ0v) is 13.5. The monoisotopic (exact) mass is 347 g/mol. The van der Waals surface area contributed by atoms with Crippen LogP contribution in [0.4, 0.5) is 10.1 Å². The average molecular weight is 347 g/mol. The molecule has 1 fully saturated rings. The molecule has 4 amide bonds. The summed E-state index contributed by atoms with van der Waals surface area (Å²) in [6, 6.07) is 3.89. The summed E-state index contributed by atoms with van der Waals surface area (Å²) in [4.78, 5) is 48.8. The van der Waals surface area contributed by atoms with Gasteiger partial charge >= 0.3 is 0 Å². The van der Waals surface area contributed by atoms with Gasteiger partial charge in [0.15, 0.2) is 0 Å². The van der Waals surface area contributed by atoms with Gasteiger partial charge in [0.2, 0.25) is 23.6 Å². The zero-order valence-electron chi connectivity index (χ0n) is 13.5. The molecule has 8 heteroatoms. The van der Waals surface area contributed by atoms with Gasteiger partial charge < -0.3 is 10.6 Å². The largest absolute Gasteiger partial charge is 0.354 e. The van der Waals surface area contributed by atoms with Crippen molar-refractivity contribution in [3.63, 3.8) is 0 Å². The lowest BCUT2D eigenvalue weighted by Crippen LogP contribution is -2.45. The number of rotatable bonds is 4. The Bertz CT molecular complexity index is 733. The summed E-state index contributed by atoms with van der Waals surface area (Å²) >= 11 is 0. The Balaban J connectivity index is 1.63. The van der Waals surface area contributed by atoms with Crippen molar-refractivity contribution >= 4 is 29.3 Å². The normalized spacial score (nSPS) is 20.1. The lowest BCUT2D eigenvalue weighted by molar-refractivity contribution is -0.148. The van der Waals surface area contributed by atoms with Crippen LogP contribution in [0.1, 0.15) is 37.2 Å². The molecule has 1 aromatic rings. The zero-order chi connectivity index (χ0) is 18.0. The lowest BCUT2D eigenvalue weighted by Gasteiger charge is -2.27. The van der Waals surface area contributed by atoms with Crippen LogP contribution in [0.25, 0.3) is 0 Å². The van der Waals surface area contributed by atoms with Crippen molar-refractivity contribution in [2.45, 2.75) is 31.6 Å². The van der Waals surface area contributed by atoms with Crippen LogP contribution in [0, 0.1) is 5.82 Å². The Hall–Kier alpha value is -2.77. The van der Waals surface area contributed by atoms with E-state index in [9.17, 15) is 23.6 Å². The lowest BCUT2D eigenvalue weighted by atomic mass is 9.89. The summed E-state index contributed by atoms with van der Waals surface area (Å²) in [5.74, 6) is -2.44. The molecule has 2 aliphatic rings. The molecule has 2 heterocycles. The molecule has 0 spiro atoms. The Morgan fingerprint density at radius 1 is 1.24 bits per heavy atom. The van der Waals surface area contributed by atoms with Crippen molar-refractivity contribution in [3.8, 4) is 0 Å². The van der Waals surface area contributed by atoms with Crippen LogP contribution in [0.3, 0.4) is 0 Å². The van der Waals surface area contributed by atoms with Gasteiger partial charge in [-0.1, -0.05) is 6.07 Å². The fraction of sp³-hybridized carbons (Fsp3) is 0.412. The number of amides is 4. The van der Waals surface area contributed by atoms with E-state index in [4.69, 9.17) is 0 Å². The van der Waals surface area contributed by atoms with Gasteiger partial charge in [-0.05, 0) is 24.1 Å². The van der Waals surface area contributed by atoms with Gasteiger partial charge in [0.05, 0.1) is 5.92 Å². The van der Waals surface area contributed by atoms with Crippen molar-refractivity contribution < 1.29 is 23.6 Å². The van der Waals surface area contributed by atoms with Gasteiger partial charge in [-0.25, -0.2) is 4.39 Å². The minimum atomic E-state index is -0.725. The first-order chi connectivity index (χ1) is 12.0. The molecule has 1 atom stereocenters. The van der Waals surface area contributed by atoms with E-state index in [-0.39, 0.29) is 48.8 Å². The molecule has 2 aliphatic heterocycles. The molecular weight excluding hydrogens is 329 g/mol. The minimum absolute atomic E-state index is 0.0357. The predicted octanol–water partition coefficient (Wildman–Crippen LogP) is 0.907. The third kappa shape index (κ3) is 3.67. The molecule has 132 valence electrons. The molecule has 1 aromatic carbocycles. The maximum Gasteiger partial charge on any atom is 0.229 e. The molecule has 7 nitrogen and oxygen atoms in total. The number of fused-ring (bicyclic) bond motifs is 1. The number of imide groups is 1. The van der Waals surface area contributed by atoms with E-state index in [2.05, 4.69) is 10.6 Å². The van der Waals surface area contributed by atoms with Gasteiger partial charge in [-0.2, -0.15) is 0 Å². The number of hydrogen-bond acceptors (Lipinski definition) is 4. The van der Waals surface area contributed by atoms with E-state index in [1.807, 2.05) is 0 Å². The number of piperidine rings is 1. The highest BCUT2D eigenvalue weighted by Gasteiger charge is 2.31. The topological polar surface area (TPSA) is 95.6 Å². The van der Waals surface area contributed by atoms with Crippen molar-refractivity contribution in [3.05, 3.63) is 29.6 Å². The van der Waals surface area contributed by atoms with Crippen LogP contribution in [0.5, 0.6) is 0 Å². The molecular formula is C17H18FN3O4. The van der Waals surface area contributed by atoms with Crippen LogP contribution < -0.4 is 10.6 Å². The second-order valence-corrected chi connectivity index (χ2v) is 6.12. The van der Waals surface area contributed by atoms with Crippen LogP contribution in [-0.4, -0.2) is 41.6 Å². The number of halogens is 1. The summed E-state index contributed by atoms with van der Waals surface area (Å²) < 4.78 is 13.3. The van der Waals surface area contributed by atoms with Crippen LogP contribution in [-0.2, 0) is 19.2 Å². The molecule has 3 rings (SSSR count). The number of anilines is 1. The van der Waals surface area contributed by atoms with Gasteiger partial charge in [0.1, 0.15) is 5.82 Å². The molecule has 0 bridgehead atoms. The molecule has 0 radical (unpaired) electrons. The van der Waals surface area contributed by atoms with Gasteiger partial charge in [-0.15, -0.1) is 0 Å². The van der Waals surface area contributed by atoms with Crippen molar-refractivity contribution in [2.24, 2.45) is 0 Å². The highest BCUT2D eigenvalue weighted by Crippen LogP contribution is 2.32. The third-order valence-corrected chi connectivity index (χ3v) is 4.39. The third-order valence-electron chi connectivity index (χ3n) is 4.39. The van der Waals surface area contributed by atoms with E-state index >= 15 is 0 Å². The van der Waals surface area contributed by atoms with Gasteiger partial charge in [0, 0.05) is 38.0 Å². The molecule has 0 aromatic heterocycles. The summed E-state index contributed by atoms with van der Waals surface area (Å²) in [7, 11) is 0. The van der Waals surface area contributed by atoms with Crippen LogP contribution in [0.2, 0.25) is 0 Å². The number of hydrogen-bond donors (Lipinski definition) is 2. The number of nitrogens with one attached hydrogen (secondary N) is 2. The number of carbonyl (C=O) groups is 4. The Labute approximate surface area is 143 Å². The fourth-order valence-electron chi connectivity index (χ4n) is 3.13. The highest BCUT2D eigenvalue weighted by atomic mass is 19.1. The van der Waals surface area contributed by atoms with Crippen LogP contribution >= 0.6 is 0 Å². The summed E-state index contributed by atoms with van der Waals surface area (Å²) in [5, 5.41) is 5.21. The minimum Gasteiger partial charge on any atom is -0.354 e. The van der Waals surface area contributed by atoms with Crippen molar-refractivity contribution in [1.29, 1.82) is 0 Å². The number of carbonyl (C=O) groups excluding carboxylic acids is 4. The molecule has 1 saturated heterocycles. The smallest absolute Gasteiger partial charge is 0.229 e. The van der Waals surface area contributed by atoms with Gasteiger partial charge in [0.25, 0.3) is 0 Å². The maximum atomic E-state index is 13.3. The number of nitrogens with zero attached hydrogens (tertiary/aromatic N) is 1. The maximum absolute atomic E-state index is 13.3. The van der Waals surface area contributed by atoms with Crippen molar-refractivity contribution in [2.75, 3.05) is 18.4 Å². The second kappa shape index (κ2) is 7.00. The highest BCUT2D eigenvalue weighted by molar-refractivity contribution is 6.01. The van der Waals surface area contributed by atoms with E-state index in [1.54, 1.807) is 0 Å². The van der Waals surface area contributed by atoms with Gasteiger partial charge in [-0.3, -0.25) is 24.1 Å². The summed E-state index contributed by atoms with van der Waals surface area (Å²) in [5.41, 5.74) is 0.835. The quantitative estimate of drug-likeness (QED) is 0.791. The summed E-state index contributed by atoms with van der Waals surface area (Å²) in [6.45, 7) is 0.226.